The van der Waals surface area contributed by atoms with Crippen molar-refractivity contribution in [3.8, 4) is 0 Å². The lowest BCUT2D eigenvalue weighted by atomic mass is 9.80. The smallest absolute Gasteiger partial charge is 0.136 e. The number of hydrogen-bond donors (Lipinski definition) is 0. The first-order valence-corrected chi connectivity index (χ1v) is 6.58. The van der Waals surface area contributed by atoms with Gasteiger partial charge in [-0.25, -0.2) is 0 Å². The van der Waals surface area contributed by atoms with Gasteiger partial charge < -0.3 is 4.74 Å². The van der Waals surface area contributed by atoms with Gasteiger partial charge in [-0.15, -0.1) is 0 Å². The largest absolute Gasteiger partial charge is 0.379 e. The van der Waals surface area contributed by atoms with Crippen LogP contribution in [0, 0.1) is 11.8 Å². The number of carbonyl (C=O) groups excluding carboxylic acids is 1. The van der Waals surface area contributed by atoms with E-state index in [4.69, 9.17) is 4.74 Å². The summed E-state index contributed by atoms with van der Waals surface area (Å²) in [7, 11) is 0. The molecule has 3 nitrogen and oxygen atoms in total. The Morgan fingerprint density at radius 2 is 2.12 bits per heavy atom. The Kier molecular flexibility index (Phi) is 4.36. The molecule has 0 spiro atoms. The van der Waals surface area contributed by atoms with Gasteiger partial charge in [0.1, 0.15) is 5.78 Å². The van der Waals surface area contributed by atoms with E-state index < -0.39 is 0 Å². The second-order valence-corrected chi connectivity index (χ2v) is 5.29. The quantitative estimate of drug-likeness (QED) is 0.732. The first-order valence-electron chi connectivity index (χ1n) is 6.58. The Labute approximate surface area is 98.1 Å². The topological polar surface area (TPSA) is 29.5 Å². The minimum atomic E-state index is 0.339. The van der Waals surface area contributed by atoms with Crippen LogP contribution in [-0.2, 0) is 9.53 Å². The third-order valence-corrected chi connectivity index (χ3v) is 3.92. The van der Waals surface area contributed by atoms with Crippen molar-refractivity contribution >= 4 is 5.78 Å². The molecule has 0 amide bonds. The van der Waals surface area contributed by atoms with E-state index in [0.717, 1.165) is 64.4 Å². The number of carbonyl (C=O) groups is 1. The van der Waals surface area contributed by atoms with Gasteiger partial charge in [0.2, 0.25) is 0 Å². The van der Waals surface area contributed by atoms with Crippen molar-refractivity contribution in [2.24, 2.45) is 11.8 Å². The first-order chi connectivity index (χ1) is 7.75. The standard InChI is InChI=1S/C13H23NO2/c1-11-2-3-13(15)12(10-11)4-5-14-6-8-16-9-7-14/h11-12H,2-10H2,1H3. The molecule has 0 aromatic carbocycles. The summed E-state index contributed by atoms with van der Waals surface area (Å²) < 4.78 is 5.32. The molecular formula is C13H23NO2. The number of morpholine rings is 1. The van der Waals surface area contributed by atoms with Crippen molar-refractivity contribution in [1.29, 1.82) is 0 Å². The molecule has 2 unspecified atom stereocenters. The molecule has 0 aromatic rings. The van der Waals surface area contributed by atoms with Crippen LogP contribution in [0.15, 0.2) is 0 Å². The van der Waals surface area contributed by atoms with Gasteiger partial charge in [0.15, 0.2) is 0 Å². The third kappa shape index (κ3) is 3.29. The highest BCUT2D eigenvalue weighted by atomic mass is 16.5. The first kappa shape index (κ1) is 12.1. The summed E-state index contributed by atoms with van der Waals surface area (Å²) in [6.45, 7) is 7.14. The molecule has 1 heterocycles. The molecule has 0 bridgehead atoms. The fourth-order valence-corrected chi connectivity index (χ4v) is 2.77. The van der Waals surface area contributed by atoms with Crippen molar-refractivity contribution in [3.05, 3.63) is 0 Å². The highest BCUT2D eigenvalue weighted by Crippen LogP contribution is 2.28. The molecule has 2 atom stereocenters. The molecule has 1 aliphatic heterocycles. The van der Waals surface area contributed by atoms with Crippen LogP contribution in [0.3, 0.4) is 0 Å². The Bertz CT molecular complexity index is 236. The maximum atomic E-state index is 11.8. The molecule has 1 aliphatic carbocycles. The normalized spacial score (nSPS) is 32.9. The van der Waals surface area contributed by atoms with Crippen LogP contribution in [0.25, 0.3) is 0 Å². The average Bonchev–Trinajstić information content (AvgIpc) is 2.32. The van der Waals surface area contributed by atoms with Crippen molar-refractivity contribution in [2.75, 3.05) is 32.8 Å². The van der Waals surface area contributed by atoms with Gasteiger partial charge in [-0.3, -0.25) is 9.69 Å². The van der Waals surface area contributed by atoms with E-state index in [2.05, 4.69) is 11.8 Å². The van der Waals surface area contributed by atoms with Crippen molar-refractivity contribution < 1.29 is 9.53 Å². The summed E-state index contributed by atoms with van der Waals surface area (Å²) in [6, 6.07) is 0. The third-order valence-electron chi connectivity index (χ3n) is 3.92. The van der Waals surface area contributed by atoms with Crippen LogP contribution >= 0.6 is 0 Å². The minimum Gasteiger partial charge on any atom is -0.379 e. The van der Waals surface area contributed by atoms with Crippen LogP contribution in [0.5, 0.6) is 0 Å². The molecule has 0 N–H and O–H groups in total. The monoisotopic (exact) mass is 225 g/mol. The maximum Gasteiger partial charge on any atom is 0.136 e. The van der Waals surface area contributed by atoms with Gasteiger partial charge >= 0.3 is 0 Å². The number of Topliss-reactive ketones (excluding diaryl/α,β-unsaturated/α-hetero) is 1. The molecule has 2 rings (SSSR count). The summed E-state index contributed by atoms with van der Waals surface area (Å²) >= 11 is 0. The van der Waals surface area contributed by atoms with Gasteiger partial charge in [-0.05, 0) is 31.7 Å². The molecule has 0 aromatic heterocycles. The van der Waals surface area contributed by atoms with Crippen molar-refractivity contribution in [3.63, 3.8) is 0 Å². The summed E-state index contributed by atoms with van der Waals surface area (Å²) in [5.41, 5.74) is 0. The molecule has 1 saturated carbocycles. The van der Waals surface area contributed by atoms with Crippen LogP contribution in [0.2, 0.25) is 0 Å². The van der Waals surface area contributed by atoms with Crippen LogP contribution in [0.1, 0.15) is 32.6 Å². The molecule has 92 valence electrons. The van der Waals surface area contributed by atoms with Crippen LogP contribution in [-0.4, -0.2) is 43.5 Å². The molecule has 2 aliphatic rings. The van der Waals surface area contributed by atoms with E-state index in [0.29, 0.717) is 11.7 Å². The number of hydrogen-bond acceptors (Lipinski definition) is 3. The minimum absolute atomic E-state index is 0.339. The lowest BCUT2D eigenvalue weighted by molar-refractivity contribution is -0.125. The number of ketones is 1. The number of nitrogens with zero attached hydrogens (tertiary/aromatic N) is 1. The Hall–Kier alpha value is -0.410. The van der Waals surface area contributed by atoms with E-state index in [-0.39, 0.29) is 0 Å². The van der Waals surface area contributed by atoms with Gasteiger partial charge in [0.05, 0.1) is 13.2 Å². The molecule has 16 heavy (non-hydrogen) atoms. The van der Waals surface area contributed by atoms with Crippen LogP contribution < -0.4 is 0 Å². The fourth-order valence-electron chi connectivity index (χ4n) is 2.77. The number of ether oxygens (including phenoxy) is 1. The molecule has 2 fully saturated rings. The van der Waals surface area contributed by atoms with E-state index in [9.17, 15) is 4.79 Å². The summed E-state index contributed by atoms with van der Waals surface area (Å²) in [5.74, 6) is 1.59. The molecule has 1 saturated heterocycles. The van der Waals surface area contributed by atoms with Gasteiger partial charge in [0, 0.05) is 25.4 Å². The lowest BCUT2D eigenvalue weighted by Crippen LogP contribution is -2.38. The van der Waals surface area contributed by atoms with E-state index >= 15 is 0 Å². The second kappa shape index (κ2) is 5.78. The van der Waals surface area contributed by atoms with E-state index in [1.807, 2.05) is 0 Å². The molecule has 0 radical (unpaired) electrons. The van der Waals surface area contributed by atoms with E-state index in [1.54, 1.807) is 0 Å². The lowest BCUT2D eigenvalue weighted by Gasteiger charge is -2.30. The maximum absolute atomic E-state index is 11.8. The Balaban J connectivity index is 1.73. The zero-order valence-electron chi connectivity index (χ0n) is 10.3. The van der Waals surface area contributed by atoms with Crippen molar-refractivity contribution in [2.45, 2.75) is 32.6 Å². The summed E-state index contributed by atoms with van der Waals surface area (Å²) in [4.78, 5) is 14.2. The zero-order chi connectivity index (χ0) is 11.4. The van der Waals surface area contributed by atoms with Gasteiger partial charge in [0.25, 0.3) is 0 Å². The number of rotatable bonds is 3. The SMILES string of the molecule is CC1CCC(=O)C(CCN2CCOCC2)C1. The fraction of sp³-hybridized carbons (Fsp3) is 0.923. The molecular weight excluding hydrogens is 202 g/mol. The Morgan fingerprint density at radius 3 is 2.88 bits per heavy atom. The predicted molar refractivity (Wildman–Crippen MR) is 63.4 cm³/mol. The molecule has 3 heteroatoms. The summed E-state index contributed by atoms with van der Waals surface area (Å²) in [5, 5.41) is 0. The highest BCUT2D eigenvalue weighted by molar-refractivity contribution is 5.81. The van der Waals surface area contributed by atoms with Gasteiger partial charge in [-0.1, -0.05) is 6.92 Å². The second-order valence-electron chi connectivity index (χ2n) is 5.29. The van der Waals surface area contributed by atoms with Crippen LogP contribution in [0.4, 0.5) is 0 Å². The average molecular weight is 225 g/mol. The highest BCUT2D eigenvalue weighted by Gasteiger charge is 2.26. The van der Waals surface area contributed by atoms with Gasteiger partial charge in [-0.2, -0.15) is 0 Å². The Morgan fingerprint density at radius 1 is 1.38 bits per heavy atom. The predicted octanol–water partition coefficient (Wildman–Crippen LogP) is 1.71. The van der Waals surface area contributed by atoms with Crippen molar-refractivity contribution in [1.82, 2.24) is 4.90 Å². The van der Waals surface area contributed by atoms with E-state index in [1.165, 1.54) is 0 Å². The summed E-state index contributed by atoms with van der Waals surface area (Å²) in [6.07, 6.45) is 4.09. The zero-order valence-corrected chi connectivity index (χ0v) is 10.3.